The van der Waals surface area contributed by atoms with Crippen LogP contribution in [0.4, 0.5) is 11.6 Å². The quantitative estimate of drug-likeness (QED) is 0.841. The second-order valence-electron chi connectivity index (χ2n) is 6.68. The second-order valence-corrected chi connectivity index (χ2v) is 6.68. The molecule has 2 N–H and O–H groups in total. The maximum atomic E-state index is 12.5. The number of aryl methyl sites for hydroxylation is 1. The van der Waals surface area contributed by atoms with Gasteiger partial charge in [-0.2, -0.15) is 0 Å². The van der Waals surface area contributed by atoms with Gasteiger partial charge in [0.05, 0.1) is 0 Å². The first-order valence-corrected chi connectivity index (χ1v) is 7.70. The lowest BCUT2D eigenvalue weighted by atomic mass is 10.1. The molecular formula is C18H22N4O2. The molecular weight excluding hydrogens is 304 g/mol. The van der Waals surface area contributed by atoms with Gasteiger partial charge in [-0.3, -0.25) is 9.59 Å². The van der Waals surface area contributed by atoms with Gasteiger partial charge in [0.15, 0.2) is 5.78 Å². The van der Waals surface area contributed by atoms with E-state index in [1.165, 1.54) is 6.92 Å². The molecule has 0 aliphatic rings. The summed E-state index contributed by atoms with van der Waals surface area (Å²) >= 11 is 0. The Hall–Kier alpha value is -2.76. The summed E-state index contributed by atoms with van der Waals surface area (Å²) in [7, 11) is 0. The Morgan fingerprint density at radius 2 is 1.79 bits per heavy atom. The molecule has 126 valence electrons. The average molecular weight is 326 g/mol. The van der Waals surface area contributed by atoms with Crippen molar-refractivity contribution < 1.29 is 9.59 Å². The Morgan fingerprint density at radius 1 is 1.08 bits per heavy atom. The van der Waals surface area contributed by atoms with Crippen LogP contribution in [0.25, 0.3) is 0 Å². The number of Topliss-reactive ketones (excluding diaryl/α,β-unsaturated/α-hetero) is 1. The van der Waals surface area contributed by atoms with Crippen LogP contribution in [0.2, 0.25) is 0 Å². The van der Waals surface area contributed by atoms with E-state index >= 15 is 0 Å². The lowest BCUT2D eigenvalue weighted by molar-refractivity contribution is 0.100. The van der Waals surface area contributed by atoms with Crippen LogP contribution >= 0.6 is 0 Å². The third kappa shape index (κ3) is 4.87. The van der Waals surface area contributed by atoms with Crippen molar-refractivity contribution in [2.24, 2.45) is 0 Å². The monoisotopic (exact) mass is 326 g/mol. The highest BCUT2D eigenvalue weighted by atomic mass is 16.2. The van der Waals surface area contributed by atoms with E-state index in [-0.39, 0.29) is 22.9 Å². The highest BCUT2D eigenvalue weighted by molar-refractivity contribution is 6.04. The zero-order valence-corrected chi connectivity index (χ0v) is 14.6. The highest BCUT2D eigenvalue weighted by Crippen LogP contribution is 2.15. The molecule has 1 aromatic heterocycles. The molecule has 1 aromatic carbocycles. The minimum atomic E-state index is -0.349. The van der Waals surface area contributed by atoms with Gasteiger partial charge in [0, 0.05) is 22.5 Å². The first-order valence-electron chi connectivity index (χ1n) is 7.70. The number of carbonyl (C=O) groups is 2. The van der Waals surface area contributed by atoms with Gasteiger partial charge in [-0.15, -0.1) is 0 Å². The van der Waals surface area contributed by atoms with E-state index in [4.69, 9.17) is 0 Å². The number of nitrogens with zero attached hydrogens (tertiary/aromatic N) is 2. The summed E-state index contributed by atoms with van der Waals surface area (Å²) in [6, 6.07) is 8.43. The van der Waals surface area contributed by atoms with E-state index in [1.807, 2.05) is 27.7 Å². The summed E-state index contributed by atoms with van der Waals surface area (Å²) < 4.78 is 0. The molecule has 1 heterocycles. The maximum Gasteiger partial charge on any atom is 0.274 e. The average Bonchev–Trinajstić information content (AvgIpc) is 2.45. The summed E-state index contributed by atoms with van der Waals surface area (Å²) in [6.07, 6.45) is 0. The van der Waals surface area contributed by atoms with Gasteiger partial charge >= 0.3 is 0 Å². The van der Waals surface area contributed by atoms with Crippen LogP contribution in [0.15, 0.2) is 30.3 Å². The Bertz CT molecular complexity index is 779. The number of aromatic nitrogens is 2. The zero-order valence-electron chi connectivity index (χ0n) is 14.6. The molecule has 0 atom stereocenters. The largest absolute Gasteiger partial charge is 0.350 e. The predicted molar refractivity (Wildman–Crippen MR) is 94.5 cm³/mol. The van der Waals surface area contributed by atoms with Crippen LogP contribution < -0.4 is 10.6 Å². The number of benzene rings is 1. The van der Waals surface area contributed by atoms with Crippen LogP contribution in [-0.2, 0) is 0 Å². The molecule has 0 saturated carbocycles. The van der Waals surface area contributed by atoms with E-state index in [1.54, 1.807) is 30.3 Å². The zero-order chi connectivity index (χ0) is 17.9. The van der Waals surface area contributed by atoms with Crippen LogP contribution in [-0.4, -0.2) is 27.2 Å². The van der Waals surface area contributed by atoms with E-state index in [2.05, 4.69) is 20.6 Å². The first-order chi connectivity index (χ1) is 11.1. The summed E-state index contributed by atoms with van der Waals surface area (Å²) in [5, 5.41) is 5.92. The summed E-state index contributed by atoms with van der Waals surface area (Å²) in [5.41, 5.74) is 1.84. The number of hydrogen-bond acceptors (Lipinski definition) is 5. The number of amides is 1. The second kappa shape index (κ2) is 6.78. The number of carbonyl (C=O) groups excluding carboxylic acids is 2. The SMILES string of the molecule is CC(=O)c1cccc(NC(=O)c2cc(C)nc(NC(C)(C)C)n2)c1. The molecule has 0 unspecified atom stereocenters. The Morgan fingerprint density at radius 3 is 2.42 bits per heavy atom. The Labute approximate surface area is 141 Å². The number of nitrogens with one attached hydrogen (secondary N) is 2. The van der Waals surface area contributed by atoms with Crippen molar-refractivity contribution in [1.29, 1.82) is 0 Å². The van der Waals surface area contributed by atoms with Gasteiger partial charge in [0.2, 0.25) is 5.95 Å². The van der Waals surface area contributed by atoms with Crippen LogP contribution in [0.3, 0.4) is 0 Å². The number of ketones is 1. The Balaban J connectivity index is 2.23. The third-order valence-electron chi connectivity index (χ3n) is 3.10. The molecule has 2 aromatic rings. The molecule has 24 heavy (non-hydrogen) atoms. The smallest absolute Gasteiger partial charge is 0.274 e. The van der Waals surface area contributed by atoms with E-state index < -0.39 is 0 Å². The van der Waals surface area contributed by atoms with Crippen LogP contribution in [0.1, 0.15) is 54.2 Å². The molecule has 0 fully saturated rings. The Kier molecular flexibility index (Phi) is 4.97. The van der Waals surface area contributed by atoms with Gasteiger partial charge in [0.1, 0.15) is 5.69 Å². The van der Waals surface area contributed by atoms with Crippen molar-refractivity contribution in [2.75, 3.05) is 10.6 Å². The predicted octanol–water partition coefficient (Wildman–Crippen LogP) is 3.45. The minimum Gasteiger partial charge on any atom is -0.350 e. The third-order valence-corrected chi connectivity index (χ3v) is 3.10. The van der Waals surface area contributed by atoms with E-state index in [9.17, 15) is 9.59 Å². The van der Waals surface area contributed by atoms with Gasteiger partial charge in [-0.25, -0.2) is 9.97 Å². The minimum absolute atomic E-state index is 0.0550. The molecule has 2 rings (SSSR count). The van der Waals surface area contributed by atoms with Crippen molar-refractivity contribution >= 4 is 23.3 Å². The standard InChI is InChI=1S/C18H22N4O2/c1-11-9-15(21-17(19-11)22-18(3,4)5)16(24)20-14-8-6-7-13(10-14)12(2)23/h6-10H,1-5H3,(H,20,24)(H,19,21,22). The van der Waals surface area contributed by atoms with Crippen molar-refractivity contribution in [3.05, 3.63) is 47.3 Å². The summed E-state index contributed by atoms with van der Waals surface area (Å²) in [4.78, 5) is 32.5. The molecule has 0 saturated heterocycles. The fourth-order valence-corrected chi connectivity index (χ4v) is 2.09. The first kappa shape index (κ1) is 17.6. The van der Waals surface area contributed by atoms with Crippen molar-refractivity contribution in [1.82, 2.24) is 9.97 Å². The summed E-state index contributed by atoms with van der Waals surface area (Å²) in [6.45, 7) is 9.27. The van der Waals surface area contributed by atoms with Gasteiger partial charge in [-0.1, -0.05) is 12.1 Å². The molecule has 0 spiro atoms. The van der Waals surface area contributed by atoms with E-state index in [0.29, 0.717) is 22.9 Å². The highest BCUT2D eigenvalue weighted by Gasteiger charge is 2.15. The fourth-order valence-electron chi connectivity index (χ4n) is 2.09. The maximum absolute atomic E-state index is 12.5. The van der Waals surface area contributed by atoms with Gasteiger partial charge < -0.3 is 10.6 Å². The molecule has 6 heteroatoms. The van der Waals surface area contributed by atoms with Crippen molar-refractivity contribution in [2.45, 2.75) is 40.2 Å². The fraction of sp³-hybridized carbons (Fsp3) is 0.333. The lowest BCUT2D eigenvalue weighted by Crippen LogP contribution is -2.28. The van der Waals surface area contributed by atoms with Gasteiger partial charge in [-0.05, 0) is 52.8 Å². The van der Waals surface area contributed by atoms with Gasteiger partial charge in [0.25, 0.3) is 5.91 Å². The van der Waals surface area contributed by atoms with Crippen molar-refractivity contribution in [3.63, 3.8) is 0 Å². The van der Waals surface area contributed by atoms with E-state index in [0.717, 1.165) is 0 Å². The molecule has 0 aliphatic heterocycles. The summed E-state index contributed by atoms with van der Waals surface area (Å²) in [5.74, 6) is 0.00365. The lowest BCUT2D eigenvalue weighted by Gasteiger charge is -2.20. The molecule has 0 aliphatic carbocycles. The van der Waals surface area contributed by atoms with Crippen LogP contribution in [0.5, 0.6) is 0 Å². The number of anilines is 2. The molecule has 0 radical (unpaired) electrons. The molecule has 6 nitrogen and oxygen atoms in total. The molecule has 0 bridgehead atoms. The molecule has 1 amide bonds. The number of hydrogen-bond donors (Lipinski definition) is 2. The normalized spacial score (nSPS) is 11.0. The van der Waals surface area contributed by atoms with Crippen LogP contribution in [0, 0.1) is 6.92 Å². The van der Waals surface area contributed by atoms with Crippen molar-refractivity contribution in [3.8, 4) is 0 Å². The number of rotatable bonds is 4. The topological polar surface area (TPSA) is 84.0 Å².